The third-order valence-corrected chi connectivity index (χ3v) is 16.7. The Bertz CT molecular complexity index is 3110. The van der Waals surface area contributed by atoms with Crippen molar-refractivity contribution in [3.8, 4) is 22.5 Å². The molecule has 0 unspecified atom stereocenters. The normalized spacial score (nSPS) is 11.9. The Morgan fingerprint density at radius 3 is 1.33 bits per heavy atom. The molecule has 0 aliphatic carbocycles. The molecule has 0 amide bonds. The Morgan fingerprint density at radius 1 is 0.281 bits per heavy atom. The van der Waals surface area contributed by atoms with Crippen molar-refractivity contribution in [1.82, 2.24) is 9.13 Å². The Kier molecular flexibility index (Phi) is 7.87. The number of fused-ring (bicyclic) bond motifs is 7. The maximum atomic E-state index is 2.51. The zero-order valence-electron chi connectivity index (χ0n) is 31.3. The van der Waals surface area contributed by atoms with E-state index in [1.165, 1.54) is 75.5 Å². The van der Waals surface area contributed by atoms with E-state index in [0.717, 1.165) is 11.4 Å². The van der Waals surface area contributed by atoms with Crippen LogP contribution in [0.25, 0.3) is 66.1 Å². The molecule has 57 heavy (non-hydrogen) atoms. The number of benzene rings is 9. The van der Waals surface area contributed by atoms with Gasteiger partial charge in [-0.3, -0.25) is 0 Å². The number of para-hydroxylation sites is 4. The molecule has 0 saturated heterocycles. The molecule has 0 aliphatic rings. The molecule has 2 aromatic heterocycles. The van der Waals surface area contributed by atoms with Crippen LogP contribution in [0.1, 0.15) is 0 Å². The van der Waals surface area contributed by atoms with Gasteiger partial charge in [0, 0.05) is 38.5 Å². The molecule has 0 spiro atoms. The molecular formula is C54H38N2Si. The van der Waals surface area contributed by atoms with Crippen molar-refractivity contribution in [1.29, 1.82) is 0 Å². The summed E-state index contributed by atoms with van der Waals surface area (Å²) >= 11 is 0. The van der Waals surface area contributed by atoms with E-state index in [9.17, 15) is 0 Å². The second-order valence-electron chi connectivity index (χ2n) is 14.8. The van der Waals surface area contributed by atoms with Gasteiger partial charge in [0.05, 0.1) is 22.1 Å². The molecule has 3 heteroatoms. The van der Waals surface area contributed by atoms with Crippen LogP contribution in [0.2, 0.25) is 0 Å². The fourth-order valence-electron chi connectivity index (χ4n) is 9.59. The van der Waals surface area contributed by atoms with E-state index >= 15 is 0 Å². The predicted molar refractivity (Wildman–Crippen MR) is 244 cm³/mol. The van der Waals surface area contributed by atoms with Crippen LogP contribution >= 0.6 is 0 Å². The van der Waals surface area contributed by atoms with E-state index in [2.05, 4.69) is 240 Å². The lowest BCUT2D eigenvalue weighted by Crippen LogP contribution is -2.75. The molecule has 0 saturated carbocycles. The molecular weight excluding hydrogens is 705 g/mol. The van der Waals surface area contributed by atoms with Crippen molar-refractivity contribution >= 4 is 72.4 Å². The second kappa shape index (κ2) is 13.5. The molecule has 0 atom stereocenters. The summed E-state index contributed by atoms with van der Waals surface area (Å²) in [6.07, 6.45) is 0. The predicted octanol–water partition coefficient (Wildman–Crippen LogP) is 10.9. The van der Waals surface area contributed by atoms with Gasteiger partial charge in [0.15, 0.2) is 8.07 Å². The zero-order chi connectivity index (χ0) is 37.8. The summed E-state index contributed by atoms with van der Waals surface area (Å²) < 4.78 is 4.99. The molecule has 2 heterocycles. The minimum atomic E-state index is -2.88. The Morgan fingerprint density at radius 2 is 0.737 bits per heavy atom. The van der Waals surface area contributed by atoms with E-state index < -0.39 is 8.07 Å². The third-order valence-electron chi connectivity index (χ3n) is 11.9. The summed E-state index contributed by atoms with van der Waals surface area (Å²) in [6.45, 7) is 0. The van der Waals surface area contributed by atoms with Gasteiger partial charge >= 0.3 is 0 Å². The first-order valence-electron chi connectivity index (χ1n) is 19.7. The first-order valence-corrected chi connectivity index (χ1v) is 21.7. The van der Waals surface area contributed by atoms with Crippen molar-refractivity contribution in [2.75, 3.05) is 0 Å². The highest BCUT2D eigenvalue weighted by Gasteiger charge is 2.43. The van der Waals surface area contributed by atoms with Gasteiger partial charge in [-0.05, 0) is 62.7 Å². The maximum Gasteiger partial charge on any atom is 0.180 e. The van der Waals surface area contributed by atoms with Gasteiger partial charge in [-0.1, -0.05) is 194 Å². The summed E-state index contributed by atoms with van der Waals surface area (Å²) in [6, 6.07) is 85.2. The number of hydrogen-bond donors (Lipinski definition) is 0. The number of aromatic nitrogens is 2. The smallest absolute Gasteiger partial charge is 0.180 e. The van der Waals surface area contributed by atoms with Crippen LogP contribution in [-0.4, -0.2) is 17.2 Å². The van der Waals surface area contributed by atoms with Gasteiger partial charge in [-0.15, -0.1) is 0 Å². The fourth-order valence-corrected chi connectivity index (χ4v) is 14.6. The molecule has 268 valence electrons. The molecule has 9 aromatic carbocycles. The van der Waals surface area contributed by atoms with Crippen LogP contribution in [0.15, 0.2) is 231 Å². The third kappa shape index (κ3) is 5.03. The average Bonchev–Trinajstić information content (AvgIpc) is 3.82. The Balaban J connectivity index is 1.32. The first-order chi connectivity index (χ1) is 28.3. The highest BCUT2D eigenvalue weighted by Crippen LogP contribution is 2.44. The number of nitrogens with zero attached hydrogens (tertiary/aromatic N) is 2. The van der Waals surface area contributed by atoms with Gasteiger partial charge in [0.25, 0.3) is 0 Å². The monoisotopic (exact) mass is 742 g/mol. The van der Waals surface area contributed by atoms with Crippen molar-refractivity contribution in [2.24, 2.45) is 0 Å². The summed E-state index contributed by atoms with van der Waals surface area (Å²) in [7, 11) is -2.88. The van der Waals surface area contributed by atoms with Crippen molar-refractivity contribution in [2.45, 2.75) is 0 Å². The van der Waals surface area contributed by atoms with E-state index in [-0.39, 0.29) is 0 Å². The molecule has 0 N–H and O–H groups in total. The Labute approximate surface area is 333 Å². The highest BCUT2D eigenvalue weighted by atomic mass is 28.3. The van der Waals surface area contributed by atoms with Gasteiger partial charge < -0.3 is 9.13 Å². The van der Waals surface area contributed by atoms with E-state index in [1.54, 1.807) is 0 Å². The quantitative estimate of drug-likeness (QED) is 0.114. The van der Waals surface area contributed by atoms with Crippen molar-refractivity contribution in [3.63, 3.8) is 0 Å². The number of hydrogen-bond acceptors (Lipinski definition) is 0. The van der Waals surface area contributed by atoms with Crippen LogP contribution in [-0.2, 0) is 0 Å². The van der Waals surface area contributed by atoms with Gasteiger partial charge in [-0.2, -0.15) is 0 Å². The van der Waals surface area contributed by atoms with Crippen molar-refractivity contribution in [3.05, 3.63) is 231 Å². The van der Waals surface area contributed by atoms with E-state index in [4.69, 9.17) is 0 Å². The first kappa shape index (κ1) is 33.2. The van der Waals surface area contributed by atoms with Crippen LogP contribution in [0.5, 0.6) is 0 Å². The lowest BCUT2D eigenvalue weighted by atomic mass is 10.0. The van der Waals surface area contributed by atoms with Gasteiger partial charge in [0.1, 0.15) is 0 Å². The maximum absolute atomic E-state index is 2.88. The molecule has 11 rings (SSSR count). The Hall–Kier alpha value is -7.20. The van der Waals surface area contributed by atoms with Crippen LogP contribution in [0, 0.1) is 0 Å². The minimum Gasteiger partial charge on any atom is -0.309 e. The SMILES string of the molecule is c1ccc(-n2c3ccc4c5ccccc5n(-c5ccccc5)c4c3c3cccc(-c4ccccc4[Si](c4ccccc4)(c4ccccc4)c4ccccc4)c32)cc1. The second-order valence-corrected chi connectivity index (χ2v) is 18.6. The molecule has 0 aliphatic heterocycles. The topological polar surface area (TPSA) is 9.86 Å². The molecule has 0 radical (unpaired) electrons. The van der Waals surface area contributed by atoms with E-state index in [0.29, 0.717) is 0 Å². The highest BCUT2D eigenvalue weighted by molar-refractivity contribution is 7.20. The fraction of sp³-hybridized carbons (Fsp3) is 0. The molecule has 11 aromatic rings. The lowest BCUT2D eigenvalue weighted by molar-refractivity contribution is 1.17. The molecule has 0 fully saturated rings. The van der Waals surface area contributed by atoms with Gasteiger partial charge in [0.2, 0.25) is 0 Å². The summed E-state index contributed by atoms with van der Waals surface area (Å²) in [5, 5.41) is 10.4. The largest absolute Gasteiger partial charge is 0.309 e. The number of rotatable bonds is 7. The minimum absolute atomic E-state index is 1.14. The average molecular weight is 743 g/mol. The van der Waals surface area contributed by atoms with Crippen LogP contribution in [0.3, 0.4) is 0 Å². The standard InChI is InChI=1S/C54H38N2Si/c1-6-21-39(22-7-1)55-49-35-18-16-31-44(49)47-37-38-50-52(54(47)55)48-34-20-33-46(53(48)56(50)40-23-8-2-9-24-40)45-32-17-19-36-51(45)57(41-25-10-3-11-26-41,42-27-12-4-13-28-42)43-29-14-5-15-30-43/h1-38H. The molecule has 0 bridgehead atoms. The summed E-state index contributed by atoms with van der Waals surface area (Å²) in [5.41, 5.74) is 9.60. The summed E-state index contributed by atoms with van der Waals surface area (Å²) in [4.78, 5) is 0. The summed E-state index contributed by atoms with van der Waals surface area (Å²) in [5.74, 6) is 0. The van der Waals surface area contributed by atoms with Crippen molar-refractivity contribution < 1.29 is 0 Å². The van der Waals surface area contributed by atoms with Crippen LogP contribution < -0.4 is 20.7 Å². The van der Waals surface area contributed by atoms with Crippen LogP contribution in [0.4, 0.5) is 0 Å². The van der Waals surface area contributed by atoms with E-state index in [1.807, 2.05) is 0 Å². The van der Waals surface area contributed by atoms with Gasteiger partial charge in [-0.25, -0.2) is 0 Å². The molecule has 2 nitrogen and oxygen atoms in total. The zero-order valence-corrected chi connectivity index (χ0v) is 32.3. The lowest BCUT2D eigenvalue weighted by Gasteiger charge is -2.36.